The van der Waals surface area contributed by atoms with Crippen LogP contribution in [-0.2, 0) is 9.59 Å². The van der Waals surface area contributed by atoms with Gasteiger partial charge in [0.25, 0.3) is 5.91 Å². The fourth-order valence-corrected chi connectivity index (χ4v) is 5.78. The van der Waals surface area contributed by atoms with Gasteiger partial charge in [-0.15, -0.1) is 0 Å². The molecule has 1 aromatic rings. The number of nitrogens with one attached hydrogen (secondary N) is 1. The van der Waals surface area contributed by atoms with Crippen molar-refractivity contribution in [2.75, 3.05) is 14.1 Å². The largest absolute Gasteiger partial charge is 0.510 e. The normalized spacial score (nSPS) is 32.9. The number of carbonyl (C=O) groups is 3. The number of hydrogen-bond acceptors (Lipinski definition) is 11. The van der Waals surface area contributed by atoms with Crippen molar-refractivity contribution in [2.24, 2.45) is 22.7 Å². The predicted molar refractivity (Wildman–Crippen MR) is 115 cm³/mol. The van der Waals surface area contributed by atoms with E-state index in [1.165, 1.54) is 25.1 Å². The third-order valence-electron chi connectivity index (χ3n) is 7.21. The number of phenols is 1. The monoisotopic (exact) mass is 472 g/mol. The first-order valence-electron chi connectivity index (χ1n) is 10.4. The van der Waals surface area contributed by atoms with Crippen LogP contribution in [0.3, 0.4) is 0 Å². The summed E-state index contributed by atoms with van der Waals surface area (Å²) >= 11 is 0. The number of primary amides is 1. The van der Waals surface area contributed by atoms with Crippen LogP contribution in [0.5, 0.6) is 5.75 Å². The van der Waals surface area contributed by atoms with Gasteiger partial charge in [0.05, 0.1) is 29.3 Å². The maximum absolute atomic E-state index is 13.5. The minimum Gasteiger partial charge on any atom is -0.510 e. The van der Waals surface area contributed by atoms with E-state index in [9.17, 15) is 39.9 Å². The molecule has 1 aromatic carbocycles. The average molecular weight is 472 g/mol. The van der Waals surface area contributed by atoms with Crippen molar-refractivity contribution in [3.63, 3.8) is 0 Å². The third kappa shape index (κ3) is 2.67. The molecule has 0 saturated heterocycles. The minimum absolute atomic E-state index is 0.0582. The van der Waals surface area contributed by atoms with Crippen LogP contribution in [0.4, 0.5) is 5.69 Å². The number of rotatable bonds is 3. The van der Waals surface area contributed by atoms with E-state index >= 15 is 0 Å². The van der Waals surface area contributed by atoms with Gasteiger partial charge < -0.3 is 31.3 Å². The molecule has 0 saturated carbocycles. The summed E-state index contributed by atoms with van der Waals surface area (Å²) in [5.74, 6) is -9.74. The molecule has 34 heavy (non-hydrogen) atoms. The van der Waals surface area contributed by atoms with Crippen molar-refractivity contribution in [2.45, 2.75) is 30.6 Å². The van der Waals surface area contributed by atoms with E-state index in [0.29, 0.717) is 0 Å². The molecule has 4 rings (SSSR count). The molecule has 0 aliphatic heterocycles. The Morgan fingerprint density at radius 2 is 1.82 bits per heavy atom. The van der Waals surface area contributed by atoms with Gasteiger partial charge in [0, 0.05) is 11.5 Å². The van der Waals surface area contributed by atoms with Gasteiger partial charge >= 0.3 is 0 Å². The van der Waals surface area contributed by atoms with Crippen LogP contribution in [0.25, 0.3) is 0 Å². The number of phenolic OH excluding ortho intramolecular Hbond substituents is 1. The summed E-state index contributed by atoms with van der Waals surface area (Å²) in [6.45, 7) is 1.57. The van der Waals surface area contributed by atoms with E-state index in [4.69, 9.17) is 11.3 Å². The first-order chi connectivity index (χ1) is 15.8. The Balaban J connectivity index is 2.08. The second-order valence-corrected chi connectivity index (χ2v) is 9.05. The summed E-state index contributed by atoms with van der Waals surface area (Å²) in [4.78, 5) is 40.0. The highest BCUT2D eigenvalue weighted by Gasteiger charge is 2.67. The zero-order valence-corrected chi connectivity index (χ0v) is 18.5. The molecular weight excluding hydrogens is 448 g/mol. The van der Waals surface area contributed by atoms with Crippen molar-refractivity contribution in [3.05, 3.63) is 45.9 Å². The number of likely N-dealkylation sites (N-methyl/N-ethyl adjacent to an activating group) is 1. The molecule has 3 aliphatic carbocycles. The fourth-order valence-electron chi connectivity index (χ4n) is 5.78. The van der Waals surface area contributed by atoms with Gasteiger partial charge in [-0.05, 0) is 37.7 Å². The van der Waals surface area contributed by atoms with E-state index in [0.717, 1.165) is 6.07 Å². The van der Waals surface area contributed by atoms with Crippen LogP contribution >= 0.6 is 0 Å². The number of nitrogens with zero attached hydrogens (tertiary/aromatic N) is 2. The summed E-state index contributed by atoms with van der Waals surface area (Å²) in [7, 11) is 2.91. The molecule has 0 fully saturated rings. The number of benzene rings is 1. The van der Waals surface area contributed by atoms with Gasteiger partial charge in [-0.1, -0.05) is 6.92 Å². The van der Waals surface area contributed by atoms with Gasteiger partial charge in [0.1, 0.15) is 22.8 Å². The highest BCUT2D eigenvalue weighted by Crippen LogP contribution is 2.56. The first kappa shape index (κ1) is 23.5. The lowest BCUT2D eigenvalue weighted by atomic mass is 9.55. The van der Waals surface area contributed by atoms with Crippen molar-refractivity contribution in [3.8, 4) is 5.75 Å². The Morgan fingerprint density at radius 3 is 2.35 bits per heavy atom. The van der Waals surface area contributed by atoms with Crippen LogP contribution in [0.1, 0.15) is 28.8 Å². The van der Waals surface area contributed by atoms with Crippen LogP contribution in [-0.4, -0.2) is 79.7 Å². The molecule has 0 aromatic heterocycles. The van der Waals surface area contributed by atoms with Crippen molar-refractivity contribution in [1.82, 2.24) is 4.90 Å². The van der Waals surface area contributed by atoms with Crippen LogP contribution in [0, 0.1) is 17.4 Å². The smallest absolute Gasteiger partial charge is 0.255 e. The summed E-state index contributed by atoms with van der Waals surface area (Å²) in [6, 6.07) is 1.13. The van der Waals surface area contributed by atoms with Crippen molar-refractivity contribution >= 4 is 23.2 Å². The zero-order valence-electron chi connectivity index (χ0n) is 18.5. The lowest BCUT2D eigenvalue weighted by Crippen LogP contribution is -2.68. The van der Waals surface area contributed by atoms with E-state index in [-0.39, 0.29) is 16.8 Å². The first-order valence-corrected chi connectivity index (χ1v) is 10.4. The molecule has 0 heterocycles. The average Bonchev–Trinajstić information content (AvgIpc) is 2.75. The number of ketones is 2. The summed E-state index contributed by atoms with van der Waals surface area (Å²) < 4.78 is 0. The molecule has 0 bridgehead atoms. The molecule has 180 valence electrons. The summed E-state index contributed by atoms with van der Waals surface area (Å²) in [6.07, 6.45) is -1.70. The lowest BCUT2D eigenvalue weighted by Gasteiger charge is -2.53. The number of aliphatic hydroxyl groups is 4. The minimum atomic E-state index is -2.96. The molecular formula is C22H24N4O8. The molecule has 8 N–H and O–H groups in total. The number of amides is 1. The number of fused-ring (bicyclic) bond motifs is 3. The third-order valence-corrected chi connectivity index (χ3v) is 7.21. The molecule has 3 aliphatic rings. The number of hydrogen-bond donors (Lipinski definition) is 7. The molecule has 6 atom stereocenters. The molecule has 12 heteroatoms. The quantitative estimate of drug-likeness (QED) is 0.237. The Bertz CT molecular complexity index is 1240. The second-order valence-electron chi connectivity index (χ2n) is 9.05. The number of aliphatic hydroxyl groups excluding tert-OH is 3. The topological polar surface area (TPSA) is 218 Å². The SMILES string of the molecule is C[C@H]1c2c(N=N)ccc(O)c2C(=O)C2=C(O)[C@]3(O)C(=O)C(C(N)=O)=C(O)[C@@H](N(C)C)C3[C@@H](O)C21. The Hall–Kier alpha value is -3.61. The lowest BCUT2D eigenvalue weighted by molar-refractivity contribution is -0.162. The van der Waals surface area contributed by atoms with Gasteiger partial charge in [0.2, 0.25) is 5.78 Å². The Labute approximate surface area is 193 Å². The van der Waals surface area contributed by atoms with E-state index in [1.54, 1.807) is 6.92 Å². The van der Waals surface area contributed by atoms with E-state index < -0.39 is 81.4 Å². The molecule has 0 spiro atoms. The Morgan fingerprint density at radius 1 is 1.21 bits per heavy atom. The predicted octanol–water partition coefficient (Wildman–Crippen LogP) is 0.315. The highest BCUT2D eigenvalue weighted by molar-refractivity contribution is 6.25. The fraction of sp³-hybridized carbons (Fsp3) is 0.409. The van der Waals surface area contributed by atoms with Gasteiger partial charge in [-0.3, -0.25) is 19.3 Å². The standard InChI is InChI=1S/C22H24N4O8/c1-6-9-7(25-24)4-5-8(27)11(9)16(28)12-10(6)17(29)14-15(26(2)3)18(30)13(21(23)33)20(32)22(14,34)19(12)31/h4-6,10,14-15,17,24,27,29-31,34H,1-3H3,(H2,23,33)/t6-,10?,14?,15-,17-,22-/m0/s1. The number of nitrogens with two attached hydrogens (primary N) is 1. The number of Topliss-reactive ketones (excluding diaryl/α,β-unsaturated/α-hetero) is 2. The molecule has 12 nitrogen and oxygen atoms in total. The zero-order chi connectivity index (χ0) is 25.4. The molecule has 1 amide bonds. The van der Waals surface area contributed by atoms with Crippen molar-refractivity contribution < 1.29 is 39.9 Å². The summed E-state index contributed by atoms with van der Waals surface area (Å²) in [5, 5.41) is 58.8. The number of aromatic hydroxyl groups is 1. The molecule has 2 unspecified atom stereocenters. The van der Waals surface area contributed by atoms with Crippen LogP contribution < -0.4 is 5.73 Å². The van der Waals surface area contributed by atoms with E-state index in [1.807, 2.05) is 0 Å². The molecule has 0 radical (unpaired) electrons. The van der Waals surface area contributed by atoms with Gasteiger partial charge in [-0.2, -0.15) is 5.11 Å². The maximum Gasteiger partial charge on any atom is 0.255 e. The highest BCUT2D eigenvalue weighted by atomic mass is 16.4. The van der Waals surface area contributed by atoms with Crippen LogP contribution in [0.15, 0.2) is 39.9 Å². The number of carbonyl (C=O) groups excluding carboxylic acids is 3. The van der Waals surface area contributed by atoms with Crippen molar-refractivity contribution in [1.29, 1.82) is 5.53 Å². The second kappa shape index (κ2) is 7.45. The maximum atomic E-state index is 13.5. The Kier molecular flexibility index (Phi) is 5.16. The van der Waals surface area contributed by atoms with Gasteiger partial charge in [0.15, 0.2) is 11.4 Å². The van der Waals surface area contributed by atoms with E-state index in [2.05, 4.69) is 5.11 Å². The van der Waals surface area contributed by atoms with Gasteiger partial charge in [-0.25, -0.2) is 5.53 Å². The van der Waals surface area contributed by atoms with Crippen LogP contribution in [0.2, 0.25) is 0 Å². The summed E-state index contributed by atoms with van der Waals surface area (Å²) in [5.41, 5.74) is 8.22.